The predicted octanol–water partition coefficient (Wildman–Crippen LogP) is 6.23. The minimum Gasteiger partial charge on any atom is -0.491 e. The van der Waals surface area contributed by atoms with Crippen molar-refractivity contribution >= 4 is 28.4 Å². The van der Waals surface area contributed by atoms with Crippen LogP contribution in [0.15, 0.2) is 66.9 Å². The number of ether oxygens (including phenoxy) is 1. The number of carbonyl (C=O) groups is 1. The molecule has 182 valence electrons. The first kappa shape index (κ1) is 26.1. The van der Waals surface area contributed by atoms with E-state index in [0.29, 0.717) is 17.9 Å². The lowest BCUT2D eigenvalue weighted by Crippen LogP contribution is -2.43. The Morgan fingerprint density at radius 3 is 2.51 bits per heavy atom. The minimum absolute atomic E-state index is 0.105. The molecule has 8 heteroatoms. The molecule has 3 rings (SSSR count). The summed E-state index contributed by atoms with van der Waals surface area (Å²) in [7, 11) is 0. The number of carbonyl (C=O) groups excluding carboxylic acids is 1. The summed E-state index contributed by atoms with van der Waals surface area (Å²) in [6.45, 7) is 6.05. The number of halogens is 1. The van der Waals surface area contributed by atoms with Gasteiger partial charge in [-0.2, -0.15) is 0 Å². The van der Waals surface area contributed by atoms with E-state index in [-0.39, 0.29) is 22.7 Å². The fourth-order valence-electron chi connectivity index (χ4n) is 3.89. The molecule has 0 bridgehead atoms. The standard InChI is InChI=1S/C27H29FN4O2S/c1-4-14-34-23-13-11-19(15-21(23)28)22-12-10-20(16-31-22)24(18-8-6-5-7-9-18)27(2,3)25(33)32-26(30)35-17-29/h5-13,15-17,24,29H,4,14H2,1-3H3,(H2,30,32,33). The number of pyridine rings is 1. The zero-order valence-corrected chi connectivity index (χ0v) is 20.8. The highest BCUT2D eigenvalue weighted by Crippen LogP contribution is 2.41. The van der Waals surface area contributed by atoms with Gasteiger partial charge in [0.2, 0.25) is 5.91 Å². The lowest BCUT2D eigenvalue weighted by Gasteiger charge is -2.33. The van der Waals surface area contributed by atoms with Gasteiger partial charge >= 0.3 is 0 Å². The van der Waals surface area contributed by atoms with E-state index < -0.39 is 11.2 Å². The summed E-state index contributed by atoms with van der Waals surface area (Å²) >= 11 is 0.826. The lowest BCUT2D eigenvalue weighted by atomic mass is 9.71. The second-order valence-corrected chi connectivity index (χ2v) is 9.43. The summed E-state index contributed by atoms with van der Waals surface area (Å²) < 4.78 is 19.9. The van der Waals surface area contributed by atoms with E-state index in [1.807, 2.05) is 63.2 Å². The Hall–Kier alpha value is -3.52. The van der Waals surface area contributed by atoms with Gasteiger partial charge in [0.1, 0.15) is 0 Å². The Morgan fingerprint density at radius 2 is 1.91 bits per heavy atom. The second-order valence-electron chi connectivity index (χ2n) is 8.55. The molecule has 0 radical (unpaired) electrons. The molecule has 0 saturated heterocycles. The van der Waals surface area contributed by atoms with Gasteiger partial charge in [-0.25, -0.2) is 4.39 Å². The van der Waals surface area contributed by atoms with E-state index in [2.05, 4.69) is 10.3 Å². The van der Waals surface area contributed by atoms with Gasteiger partial charge in [0.15, 0.2) is 16.7 Å². The van der Waals surface area contributed by atoms with E-state index in [9.17, 15) is 9.18 Å². The van der Waals surface area contributed by atoms with E-state index in [0.717, 1.165) is 34.9 Å². The van der Waals surface area contributed by atoms with Crippen LogP contribution >= 0.6 is 11.8 Å². The molecule has 3 N–H and O–H groups in total. The molecule has 1 unspecified atom stereocenters. The Morgan fingerprint density at radius 1 is 1.17 bits per heavy atom. The Bertz CT molecular complexity index is 1180. The summed E-state index contributed by atoms with van der Waals surface area (Å²) in [5.74, 6) is -0.910. The third kappa shape index (κ3) is 6.33. The predicted molar refractivity (Wildman–Crippen MR) is 140 cm³/mol. The first-order valence-corrected chi connectivity index (χ1v) is 12.1. The monoisotopic (exact) mass is 492 g/mol. The number of nitrogens with one attached hydrogen (secondary N) is 3. The van der Waals surface area contributed by atoms with Crippen LogP contribution in [-0.2, 0) is 4.79 Å². The van der Waals surface area contributed by atoms with Crippen LogP contribution in [-0.4, -0.2) is 28.2 Å². The fraction of sp³-hybridized carbons (Fsp3) is 0.259. The first-order valence-electron chi connectivity index (χ1n) is 11.3. The van der Waals surface area contributed by atoms with Crippen molar-refractivity contribution in [2.45, 2.75) is 33.1 Å². The average molecular weight is 493 g/mol. The zero-order valence-electron chi connectivity index (χ0n) is 20.0. The molecule has 0 saturated carbocycles. The number of thioether (sulfide) groups is 1. The Labute approximate surface area is 209 Å². The quantitative estimate of drug-likeness (QED) is 0.244. The van der Waals surface area contributed by atoms with E-state index >= 15 is 0 Å². The summed E-state index contributed by atoms with van der Waals surface area (Å²) in [6.07, 6.45) is 2.50. The fourth-order valence-corrected chi connectivity index (χ4v) is 4.16. The van der Waals surface area contributed by atoms with Crippen molar-refractivity contribution in [1.29, 1.82) is 10.8 Å². The third-order valence-electron chi connectivity index (χ3n) is 5.65. The highest BCUT2D eigenvalue weighted by atomic mass is 32.2. The molecule has 0 aliphatic heterocycles. The minimum atomic E-state index is -0.941. The zero-order chi connectivity index (χ0) is 25.4. The average Bonchev–Trinajstić information content (AvgIpc) is 2.84. The summed E-state index contributed by atoms with van der Waals surface area (Å²) in [5.41, 5.74) is 3.03. The number of amidine groups is 1. The third-order valence-corrected chi connectivity index (χ3v) is 6.11. The molecular formula is C27H29FN4O2S. The van der Waals surface area contributed by atoms with Crippen LogP contribution in [0.2, 0.25) is 0 Å². The van der Waals surface area contributed by atoms with Gasteiger partial charge in [0.05, 0.1) is 23.3 Å². The highest BCUT2D eigenvalue weighted by Gasteiger charge is 2.39. The number of amides is 1. The molecule has 0 aliphatic rings. The van der Waals surface area contributed by atoms with Gasteiger partial charge in [0.25, 0.3) is 0 Å². The summed E-state index contributed by atoms with van der Waals surface area (Å²) in [6, 6.07) is 18.1. The number of nitrogens with zero attached hydrogens (tertiary/aromatic N) is 1. The molecule has 0 spiro atoms. The molecule has 35 heavy (non-hydrogen) atoms. The Kier molecular flexibility index (Phi) is 8.76. The van der Waals surface area contributed by atoms with Gasteiger partial charge in [-0.3, -0.25) is 15.2 Å². The van der Waals surface area contributed by atoms with Crippen molar-refractivity contribution in [3.8, 4) is 17.0 Å². The maximum atomic E-state index is 14.5. The maximum Gasteiger partial charge on any atom is 0.232 e. The van der Waals surface area contributed by atoms with Gasteiger partial charge in [-0.1, -0.05) is 57.2 Å². The number of hydrogen-bond acceptors (Lipinski definition) is 6. The van der Waals surface area contributed by atoms with Crippen LogP contribution in [0.4, 0.5) is 4.39 Å². The van der Waals surface area contributed by atoms with E-state index in [1.165, 1.54) is 6.07 Å². The number of rotatable bonds is 9. The van der Waals surface area contributed by atoms with Crippen LogP contribution in [0.5, 0.6) is 5.75 Å². The lowest BCUT2D eigenvalue weighted by molar-refractivity contribution is -0.128. The number of aromatic nitrogens is 1. The number of benzene rings is 2. The first-order chi connectivity index (χ1) is 16.8. The molecule has 1 heterocycles. The van der Waals surface area contributed by atoms with Crippen LogP contribution in [0.3, 0.4) is 0 Å². The Balaban J connectivity index is 1.94. The molecule has 1 atom stereocenters. The molecule has 0 fully saturated rings. The van der Waals surface area contributed by atoms with E-state index in [1.54, 1.807) is 18.3 Å². The van der Waals surface area contributed by atoms with Crippen LogP contribution in [0, 0.1) is 22.1 Å². The van der Waals surface area contributed by atoms with E-state index in [4.69, 9.17) is 15.6 Å². The smallest absolute Gasteiger partial charge is 0.232 e. The molecule has 0 aliphatic carbocycles. The van der Waals surface area contributed by atoms with Crippen molar-refractivity contribution < 1.29 is 13.9 Å². The van der Waals surface area contributed by atoms with Gasteiger partial charge in [0, 0.05) is 17.7 Å². The van der Waals surface area contributed by atoms with Crippen molar-refractivity contribution in [3.05, 3.63) is 83.8 Å². The van der Waals surface area contributed by atoms with Crippen LogP contribution in [0.1, 0.15) is 44.2 Å². The molecule has 1 amide bonds. The van der Waals surface area contributed by atoms with Crippen molar-refractivity contribution in [2.24, 2.45) is 5.41 Å². The van der Waals surface area contributed by atoms with Crippen LogP contribution < -0.4 is 10.1 Å². The summed E-state index contributed by atoms with van der Waals surface area (Å²) in [5, 5.41) is 17.5. The number of hydrogen-bond donors (Lipinski definition) is 3. The second kappa shape index (κ2) is 11.8. The molecule has 6 nitrogen and oxygen atoms in total. The summed E-state index contributed by atoms with van der Waals surface area (Å²) in [4.78, 5) is 17.7. The highest BCUT2D eigenvalue weighted by molar-refractivity contribution is 8.24. The van der Waals surface area contributed by atoms with Gasteiger partial charge in [-0.05, 0) is 53.6 Å². The topological polar surface area (TPSA) is 98.9 Å². The van der Waals surface area contributed by atoms with Crippen LogP contribution in [0.25, 0.3) is 11.3 Å². The normalized spacial score (nSPS) is 12.0. The van der Waals surface area contributed by atoms with Gasteiger partial charge < -0.3 is 15.5 Å². The van der Waals surface area contributed by atoms with Gasteiger partial charge in [-0.15, -0.1) is 0 Å². The molecule has 1 aromatic heterocycles. The van der Waals surface area contributed by atoms with Crippen molar-refractivity contribution in [3.63, 3.8) is 0 Å². The molecule has 3 aromatic rings. The largest absolute Gasteiger partial charge is 0.491 e. The molecular weight excluding hydrogens is 463 g/mol. The SMILES string of the molecule is CCCOc1ccc(-c2ccc(C(c3ccccc3)C(C)(C)C(=O)NC(=N)SC=N)cn2)cc1F. The van der Waals surface area contributed by atoms with Crippen molar-refractivity contribution in [2.75, 3.05) is 6.61 Å². The molecule has 2 aromatic carbocycles. The maximum absolute atomic E-state index is 14.5. The van der Waals surface area contributed by atoms with Crippen molar-refractivity contribution in [1.82, 2.24) is 10.3 Å².